The van der Waals surface area contributed by atoms with Gasteiger partial charge in [-0.25, -0.2) is 4.98 Å². The zero-order valence-electron chi connectivity index (χ0n) is 3.60. The number of aromatic nitrogens is 1. The summed E-state index contributed by atoms with van der Waals surface area (Å²) in [5.74, 6) is 0.931. The quantitative estimate of drug-likeness (QED) is 0.518. The monoisotopic (exact) mass is 209 g/mol. The Morgan fingerprint density at radius 3 is 3.00 bits per heavy atom. The van der Waals surface area contributed by atoms with Gasteiger partial charge in [-0.1, -0.05) is 22.6 Å². The van der Waals surface area contributed by atoms with Crippen LogP contribution in [-0.4, -0.2) is 4.98 Å². The standard InChI is InChI=1S/C4H4INO/c5-1-4-2-6-3-7-4/h2-3H,1H2. The molecule has 1 aromatic heterocycles. The zero-order chi connectivity index (χ0) is 5.11. The van der Waals surface area contributed by atoms with Crippen molar-refractivity contribution in [2.24, 2.45) is 0 Å². The van der Waals surface area contributed by atoms with Crippen molar-refractivity contribution >= 4 is 22.6 Å². The second-order valence-electron chi connectivity index (χ2n) is 1.10. The molecule has 1 aromatic rings. The van der Waals surface area contributed by atoms with Crippen LogP contribution in [0.15, 0.2) is 17.0 Å². The lowest BCUT2D eigenvalue weighted by atomic mass is 10.6. The molecule has 0 radical (unpaired) electrons. The van der Waals surface area contributed by atoms with Gasteiger partial charge in [-0.05, 0) is 0 Å². The largest absolute Gasteiger partial charge is 0.448 e. The molecule has 0 aliphatic rings. The third-order valence-corrected chi connectivity index (χ3v) is 1.37. The van der Waals surface area contributed by atoms with E-state index in [1.165, 1.54) is 6.39 Å². The summed E-state index contributed by atoms with van der Waals surface area (Å²) in [6.07, 6.45) is 3.15. The maximum Gasteiger partial charge on any atom is 0.180 e. The first-order chi connectivity index (χ1) is 3.43. The Kier molecular flexibility index (Phi) is 1.67. The number of hydrogen-bond acceptors (Lipinski definition) is 2. The Bertz CT molecular complexity index is 126. The molecule has 2 nitrogen and oxygen atoms in total. The molecule has 1 rings (SSSR count). The molecule has 0 bridgehead atoms. The molecule has 0 aromatic carbocycles. The Morgan fingerprint density at radius 2 is 2.71 bits per heavy atom. The van der Waals surface area contributed by atoms with Gasteiger partial charge in [0.05, 0.1) is 10.6 Å². The summed E-state index contributed by atoms with van der Waals surface area (Å²) in [6, 6.07) is 0. The molecule has 0 atom stereocenters. The Balaban J connectivity index is 2.76. The van der Waals surface area contributed by atoms with Gasteiger partial charge in [0.2, 0.25) is 0 Å². The number of halogens is 1. The van der Waals surface area contributed by atoms with Crippen LogP contribution in [0.1, 0.15) is 5.76 Å². The fourth-order valence-electron chi connectivity index (χ4n) is 0.308. The summed E-state index contributed by atoms with van der Waals surface area (Å²) < 4.78 is 5.76. The van der Waals surface area contributed by atoms with E-state index in [0.29, 0.717) is 0 Å². The minimum absolute atomic E-state index is 0.901. The molecule has 0 unspecified atom stereocenters. The predicted octanol–water partition coefficient (Wildman–Crippen LogP) is 1.61. The van der Waals surface area contributed by atoms with Gasteiger partial charge in [0, 0.05) is 0 Å². The van der Waals surface area contributed by atoms with E-state index in [1.807, 2.05) is 0 Å². The van der Waals surface area contributed by atoms with Crippen LogP contribution in [-0.2, 0) is 4.43 Å². The van der Waals surface area contributed by atoms with Gasteiger partial charge < -0.3 is 4.42 Å². The minimum atomic E-state index is 0.901. The molecule has 0 saturated heterocycles. The van der Waals surface area contributed by atoms with Crippen LogP contribution in [0.25, 0.3) is 0 Å². The van der Waals surface area contributed by atoms with Gasteiger partial charge in [-0.15, -0.1) is 0 Å². The Hall–Kier alpha value is -0.0600. The van der Waals surface area contributed by atoms with E-state index >= 15 is 0 Å². The highest BCUT2D eigenvalue weighted by Crippen LogP contribution is 2.01. The number of alkyl halides is 1. The van der Waals surface area contributed by atoms with Gasteiger partial charge in [-0.3, -0.25) is 0 Å². The van der Waals surface area contributed by atoms with E-state index in [-0.39, 0.29) is 0 Å². The number of oxazole rings is 1. The second-order valence-corrected chi connectivity index (χ2v) is 1.86. The Labute approximate surface area is 55.1 Å². The van der Waals surface area contributed by atoms with Crippen LogP contribution < -0.4 is 0 Å². The molecule has 0 fully saturated rings. The van der Waals surface area contributed by atoms with E-state index in [2.05, 4.69) is 27.6 Å². The lowest BCUT2D eigenvalue weighted by molar-refractivity contribution is 0.525. The average Bonchev–Trinajstić information content (AvgIpc) is 2.14. The smallest absolute Gasteiger partial charge is 0.180 e. The van der Waals surface area contributed by atoms with E-state index < -0.39 is 0 Å². The van der Waals surface area contributed by atoms with Gasteiger partial charge in [0.25, 0.3) is 0 Å². The fraction of sp³-hybridized carbons (Fsp3) is 0.250. The maximum absolute atomic E-state index is 4.86. The highest BCUT2D eigenvalue weighted by molar-refractivity contribution is 14.1. The lowest BCUT2D eigenvalue weighted by Gasteiger charge is -1.75. The van der Waals surface area contributed by atoms with Gasteiger partial charge >= 0.3 is 0 Å². The van der Waals surface area contributed by atoms with Crippen molar-refractivity contribution < 1.29 is 4.42 Å². The molecule has 0 aliphatic carbocycles. The molecule has 1 heterocycles. The van der Waals surface area contributed by atoms with Gasteiger partial charge in [0.15, 0.2) is 6.39 Å². The second kappa shape index (κ2) is 2.30. The van der Waals surface area contributed by atoms with Crippen molar-refractivity contribution in [1.29, 1.82) is 0 Å². The SMILES string of the molecule is ICc1cnco1. The zero-order valence-corrected chi connectivity index (χ0v) is 5.75. The van der Waals surface area contributed by atoms with Gasteiger partial charge in [0.1, 0.15) is 5.76 Å². The van der Waals surface area contributed by atoms with Crippen LogP contribution in [0.4, 0.5) is 0 Å². The normalized spacial score (nSPS) is 9.29. The third-order valence-electron chi connectivity index (χ3n) is 0.615. The highest BCUT2D eigenvalue weighted by Gasteiger charge is 1.87. The summed E-state index contributed by atoms with van der Waals surface area (Å²) in [5, 5.41) is 0. The summed E-state index contributed by atoms with van der Waals surface area (Å²) in [4.78, 5) is 3.72. The summed E-state index contributed by atoms with van der Waals surface area (Å²) in [5.41, 5.74) is 0. The molecular weight excluding hydrogens is 205 g/mol. The van der Waals surface area contributed by atoms with Crippen molar-refractivity contribution in [2.45, 2.75) is 4.43 Å². The third kappa shape index (κ3) is 1.15. The van der Waals surface area contributed by atoms with Gasteiger partial charge in [-0.2, -0.15) is 0 Å². The van der Waals surface area contributed by atoms with E-state index in [4.69, 9.17) is 4.42 Å². The molecule has 38 valence electrons. The fourth-order valence-corrected chi connectivity index (χ4v) is 0.685. The molecule has 3 heteroatoms. The topological polar surface area (TPSA) is 26.0 Å². The predicted molar refractivity (Wildman–Crippen MR) is 34.2 cm³/mol. The van der Waals surface area contributed by atoms with E-state index in [0.717, 1.165) is 10.2 Å². The number of rotatable bonds is 1. The van der Waals surface area contributed by atoms with Crippen LogP contribution in [0.3, 0.4) is 0 Å². The van der Waals surface area contributed by atoms with Crippen LogP contribution >= 0.6 is 22.6 Å². The number of hydrogen-bond donors (Lipinski definition) is 0. The molecule has 7 heavy (non-hydrogen) atoms. The number of nitrogens with zero attached hydrogens (tertiary/aromatic N) is 1. The van der Waals surface area contributed by atoms with E-state index in [9.17, 15) is 0 Å². The maximum atomic E-state index is 4.86. The summed E-state index contributed by atoms with van der Waals surface area (Å²) in [6.45, 7) is 0. The molecule has 0 aliphatic heterocycles. The lowest BCUT2D eigenvalue weighted by Crippen LogP contribution is -1.62. The van der Waals surface area contributed by atoms with Crippen LogP contribution in [0.5, 0.6) is 0 Å². The first-order valence-corrected chi connectivity index (χ1v) is 3.39. The summed E-state index contributed by atoms with van der Waals surface area (Å²) >= 11 is 2.22. The Morgan fingerprint density at radius 1 is 1.86 bits per heavy atom. The van der Waals surface area contributed by atoms with Crippen molar-refractivity contribution in [3.63, 3.8) is 0 Å². The molecular formula is C4H4INO. The summed E-state index contributed by atoms with van der Waals surface area (Å²) in [7, 11) is 0. The van der Waals surface area contributed by atoms with Crippen molar-refractivity contribution in [3.8, 4) is 0 Å². The van der Waals surface area contributed by atoms with E-state index in [1.54, 1.807) is 6.20 Å². The molecule has 0 spiro atoms. The van der Waals surface area contributed by atoms with Crippen molar-refractivity contribution in [3.05, 3.63) is 18.4 Å². The average molecular weight is 209 g/mol. The highest BCUT2D eigenvalue weighted by atomic mass is 127. The van der Waals surface area contributed by atoms with Crippen LogP contribution in [0, 0.1) is 0 Å². The van der Waals surface area contributed by atoms with Crippen molar-refractivity contribution in [1.82, 2.24) is 4.98 Å². The molecule has 0 amide bonds. The first-order valence-electron chi connectivity index (χ1n) is 1.87. The molecule has 0 saturated carbocycles. The molecule has 0 N–H and O–H groups in total. The van der Waals surface area contributed by atoms with Crippen LogP contribution in [0.2, 0.25) is 0 Å². The first kappa shape index (κ1) is 5.08. The van der Waals surface area contributed by atoms with Crippen molar-refractivity contribution in [2.75, 3.05) is 0 Å². The minimum Gasteiger partial charge on any atom is -0.448 e.